The van der Waals surface area contributed by atoms with E-state index in [1.165, 1.54) is 26.5 Å². The number of benzene rings is 1. The van der Waals surface area contributed by atoms with Gasteiger partial charge in [-0.05, 0) is 30.3 Å². The third-order valence-corrected chi connectivity index (χ3v) is 3.91. The summed E-state index contributed by atoms with van der Waals surface area (Å²) in [6.07, 6.45) is 2.44. The molecule has 1 aromatic carbocycles. The smallest absolute Gasteiger partial charge is 0.331 e. The second kappa shape index (κ2) is 7.64. The molecule has 1 aliphatic rings. The van der Waals surface area contributed by atoms with Crippen molar-refractivity contribution >= 4 is 35.0 Å². The third kappa shape index (κ3) is 4.13. The van der Waals surface area contributed by atoms with Gasteiger partial charge >= 0.3 is 5.97 Å². The van der Waals surface area contributed by atoms with Crippen LogP contribution in [0.15, 0.2) is 33.3 Å². The van der Waals surface area contributed by atoms with E-state index in [0.29, 0.717) is 11.3 Å². The van der Waals surface area contributed by atoms with Crippen LogP contribution in [0.4, 0.5) is 0 Å². The fourth-order valence-electron chi connectivity index (χ4n) is 1.81. The Hall–Kier alpha value is -2.81. The number of nitrogens with one attached hydrogen (secondary N) is 1. The van der Waals surface area contributed by atoms with Gasteiger partial charge in [0, 0.05) is 17.7 Å². The van der Waals surface area contributed by atoms with E-state index in [-0.39, 0.29) is 15.8 Å². The van der Waals surface area contributed by atoms with Crippen molar-refractivity contribution in [3.05, 3.63) is 34.2 Å². The molecule has 9 heteroatoms. The lowest BCUT2D eigenvalue weighted by atomic mass is 10.1. The average Bonchev–Trinajstić information content (AvgIpc) is 2.89. The Balaban J connectivity index is 2.15. The molecule has 1 aromatic rings. The number of aryl methyl sites for hydroxylation is 1. The summed E-state index contributed by atoms with van der Waals surface area (Å²) in [7, 11) is 2.73. The van der Waals surface area contributed by atoms with Crippen molar-refractivity contribution in [2.75, 3.05) is 14.2 Å². The Morgan fingerprint density at radius 3 is 2.75 bits per heavy atom. The number of ether oxygens (including phenoxy) is 2. The number of aromatic hydroxyl groups is 1. The van der Waals surface area contributed by atoms with E-state index in [2.05, 4.69) is 20.3 Å². The summed E-state index contributed by atoms with van der Waals surface area (Å²) in [6, 6.07) is 3.21. The van der Waals surface area contributed by atoms with E-state index in [4.69, 9.17) is 4.74 Å². The topological polar surface area (TPSA) is 110 Å². The molecule has 1 heterocycles. The molecule has 0 aromatic heterocycles. The maximum absolute atomic E-state index is 11.7. The molecule has 0 unspecified atom stereocenters. The highest BCUT2D eigenvalue weighted by Crippen LogP contribution is 2.26. The number of methoxy groups -OCH3 is 2. The highest BCUT2D eigenvalue weighted by Gasteiger charge is 2.25. The molecule has 1 saturated heterocycles. The highest BCUT2D eigenvalue weighted by molar-refractivity contribution is 8.18. The van der Waals surface area contributed by atoms with Gasteiger partial charge in [-0.3, -0.25) is 10.1 Å². The van der Waals surface area contributed by atoms with Crippen LogP contribution in [0.5, 0.6) is 11.5 Å². The van der Waals surface area contributed by atoms with E-state index in [1.807, 2.05) is 0 Å². The zero-order chi connectivity index (χ0) is 17.7. The van der Waals surface area contributed by atoms with Crippen LogP contribution < -0.4 is 10.1 Å². The van der Waals surface area contributed by atoms with Gasteiger partial charge in [0.05, 0.1) is 25.3 Å². The molecule has 0 spiro atoms. The summed E-state index contributed by atoms with van der Waals surface area (Å²) in [5.41, 5.74) is 1.24. The van der Waals surface area contributed by atoms with Crippen LogP contribution in [0.25, 0.3) is 0 Å². The van der Waals surface area contributed by atoms with Gasteiger partial charge in [0.15, 0.2) is 5.17 Å². The molecule has 2 rings (SSSR count). The monoisotopic (exact) mass is 349 g/mol. The number of amides is 1. The van der Waals surface area contributed by atoms with E-state index in [0.717, 1.165) is 23.4 Å². The van der Waals surface area contributed by atoms with E-state index in [1.54, 1.807) is 13.0 Å². The molecular weight excluding hydrogens is 334 g/mol. The first-order chi connectivity index (χ1) is 11.4. The molecule has 0 aliphatic carbocycles. The molecule has 24 heavy (non-hydrogen) atoms. The standard InChI is InChI=1S/C15H15N3O5S/c1-8-4-9(22-2)5-11(19)10(8)7-16-18-15-17-14(21)12(24-15)6-13(20)23-3/h4-7,19H,1-3H3,(H,17,18,21)/b12-6+,16-7?. The lowest BCUT2D eigenvalue weighted by molar-refractivity contribution is -0.135. The maximum Gasteiger partial charge on any atom is 0.331 e. The first-order valence-electron chi connectivity index (χ1n) is 6.72. The summed E-state index contributed by atoms with van der Waals surface area (Å²) < 4.78 is 9.52. The number of phenols is 1. The Morgan fingerprint density at radius 2 is 2.12 bits per heavy atom. The first-order valence-corrected chi connectivity index (χ1v) is 7.53. The van der Waals surface area contributed by atoms with Crippen LogP contribution in [0, 0.1) is 6.92 Å². The quantitative estimate of drug-likeness (QED) is 0.367. The predicted octanol–water partition coefficient (Wildman–Crippen LogP) is 1.32. The Labute approximate surface area is 142 Å². The summed E-state index contributed by atoms with van der Waals surface area (Å²) in [5.74, 6) is -0.547. The van der Waals surface area contributed by atoms with Crippen LogP contribution >= 0.6 is 11.8 Å². The molecule has 0 radical (unpaired) electrons. The second-order valence-corrected chi connectivity index (χ2v) is 5.65. The minimum atomic E-state index is -0.629. The van der Waals surface area contributed by atoms with Gasteiger partial charge in [-0.15, -0.1) is 5.10 Å². The minimum absolute atomic E-state index is 0.00480. The number of hydrogen-bond donors (Lipinski definition) is 2. The van der Waals surface area contributed by atoms with Crippen molar-refractivity contribution in [1.29, 1.82) is 0 Å². The second-order valence-electron chi connectivity index (χ2n) is 4.61. The fourth-order valence-corrected chi connectivity index (χ4v) is 2.55. The van der Waals surface area contributed by atoms with E-state index in [9.17, 15) is 14.7 Å². The van der Waals surface area contributed by atoms with Crippen LogP contribution in [0.1, 0.15) is 11.1 Å². The first kappa shape index (κ1) is 17.5. The minimum Gasteiger partial charge on any atom is -0.507 e. The van der Waals surface area contributed by atoms with Crippen LogP contribution in [0.3, 0.4) is 0 Å². The van der Waals surface area contributed by atoms with Crippen LogP contribution in [0.2, 0.25) is 0 Å². The van der Waals surface area contributed by atoms with Crippen LogP contribution in [-0.2, 0) is 14.3 Å². The summed E-state index contributed by atoms with van der Waals surface area (Å²) in [4.78, 5) is 23.0. The predicted molar refractivity (Wildman–Crippen MR) is 90.3 cm³/mol. The number of carbonyl (C=O) groups is 2. The fraction of sp³-hybridized carbons (Fsp3) is 0.200. The van der Waals surface area contributed by atoms with Gasteiger partial charge < -0.3 is 14.6 Å². The number of phenolic OH excluding ortho intramolecular Hbond substituents is 1. The molecule has 1 aliphatic heterocycles. The molecule has 126 valence electrons. The number of nitrogens with zero attached hydrogens (tertiary/aromatic N) is 2. The van der Waals surface area contributed by atoms with Gasteiger partial charge in [0.25, 0.3) is 5.91 Å². The number of rotatable bonds is 4. The Morgan fingerprint density at radius 1 is 1.38 bits per heavy atom. The molecule has 0 atom stereocenters. The number of amidine groups is 1. The summed E-state index contributed by atoms with van der Waals surface area (Å²) >= 11 is 0.965. The SMILES string of the molecule is COC(=O)/C=C1/S/C(=N\N=Cc2c(C)cc(OC)cc2O)NC1=O. The number of esters is 1. The molecule has 8 nitrogen and oxygen atoms in total. The van der Waals surface area contributed by atoms with Crippen molar-refractivity contribution in [3.63, 3.8) is 0 Å². The van der Waals surface area contributed by atoms with Crippen molar-refractivity contribution in [3.8, 4) is 11.5 Å². The van der Waals surface area contributed by atoms with Crippen molar-refractivity contribution in [2.45, 2.75) is 6.92 Å². The van der Waals surface area contributed by atoms with E-state index < -0.39 is 11.9 Å². The maximum atomic E-state index is 11.7. The largest absolute Gasteiger partial charge is 0.507 e. The molecule has 2 N–H and O–H groups in total. The number of carbonyl (C=O) groups excluding carboxylic acids is 2. The third-order valence-electron chi connectivity index (χ3n) is 3.01. The van der Waals surface area contributed by atoms with E-state index >= 15 is 0 Å². The Kier molecular flexibility index (Phi) is 5.59. The van der Waals surface area contributed by atoms with Gasteiger partial charge in [0.1, 0.15) is 11.5 Å². The number of thioether (sulfide) groups is 1. The van der Waals surface area contributed by atoms with Gasteiger partial charge in [-0.25, -0.2) is 4.79 Å². The zero-order valence-corrected chi connectivity index (χ0v) is 14.0. The Bertz CT molecular complexity index is 747. The average molecular weight is 349 g/mol. The number of hydrogen-bond acceptors (Lipinski definition) is 8. The summed E-state index contributed by atoms with van der Waals surface area (Å²) in [6.45, 7) is 1.79. The van der Waals surface area contributed by atoms with Crippen molar-refractivity contribution in [2.24, 2.45) is 10.2 Å². The van der Waals surface area contributed by atoms with Crippen LogP contribution in [-0.4, -0.2) is 42.6 Å². The normalized spacial score (nSPS) is 17.5. The molecule has 0 bridgehead atoms. The zero-order valence-electron chi connectivity index (χ0n) is 13.2. The van der Waals surface area contributed by atoms with Gasteiger partial charge in [-0.1, -0.05) is 0 Å². The molecule has 1 amide bonds. The van der Waals surface area contributed by atoms with Crippen molar-refractivity contribution < 1.29 is 24.2 Å². The van der Waals surface area contributed by atoms with Gasteiger partial charge in [0.2, 0.25) is 0 Å². The molecular formula is C15H15N3O5S. The molecule has 1 fully saturated rings. The highest BCUT2D eigenvalue weighted by atomic mass is 32.2. The molecule has 0 saturated carbocycles. The summed E-state index contributed by atoms with van der Waals surface area (Å²) in [5, 5.41) is 20.3. The lowest BCUT2D eigenvalue weighted by Gasteiger charge is -2.06. The lowest BCUT2D eigenvalue weighted by Crippen LogP contribution is -2.19. The van der Waals surface area contributed by atoms with Crippen molar-refractivity contribution in [1.82, 2.24) is 5.32 Å². The van der Waals surface area contributed by atoms with Gasteiger partial charge in [-0.2, -0.15) is 5.10 Å².